The van der Waals surface area contributed by atoms with Crippen LogP contribution in [0.5, 0.6) is 0 Å². The van der Waals surface area contributed by atoms with E-state index in [9.17, 15) is 8.42 Å². The molecule has 0 bridgehead atoms. The van der Waals surface area contributed by atoms with Gasteiger partial charge in [-0.15, -0.1) is 0 Å². The first-order valence-electron chi connectivity index (χ1n) is 7.91. The second-order valence-corrected chi connectivity index (χ2v) is 7.66. The second-order valence-electron chi connectivity index (χ2n) is 5.48. The third kappa shape index (κ3) is 5.55. The van der Waals surface area contributed by atoms with Crippen molar-refractivity contribution in [3.05, 3.63) is 40.5 Å². The van der Waals surface area contributed by atoms with Crippen LogP contribution in [0.25, 0.3) is 0 Å². The van der Waals surface area contributed by atoms with Gasteiger partial charge in [0.1, 0.15) is 5.82 Å². The second kappa shape index (κ2) is 8.46. The Bertz CT molecular complexity index is 842. The van der Waals surface area contributed by atoms with Crippen LogP contribution < -0.4 is 15.4 Å². The van der Waals surface area contributed by atoms with Crippen molar-refractivity contribution in [1.29, 1.82) is 0 Å². The van der Waals surface area contributed by atoms with Crippen LogP contribution in [0, 0.1) is 13.8 Å². The Morgan fingerprint density at radius 1 is 1.08 bits per heavy atom. The highest BCUT2D eigenvalue weighted by Crippen LogP contribution is 2.19. The molecule has 0 fully saturated rings. The van der Waals surface area contributed by atoms with E-state index in [4.69, 9.17) is 11.6 Å². The third-order valence-corrected chi connectivity index (χ3v) is 5.23. The summed E-state index contributed by atoms with van der Waals surface area (Å²) in [6.45, 7) is 6.99. The number of rotatable bonds is 8. The summed E-state index contributed by atoms with van der Waals surface area (Å²) < 4.78 is 27.1. The average molecular weight is 384 g/mol. The lowest BCUT2D eigenvalue weighted by atomic mass is 10.2. The van der Waals surface area contributed by atoms with Gasteiger partial charge in [0.05, 0.1) is 4.90 Å². The summed E-state index contributed by atoms with van der Waals surface area (Å²) >= 11 is 5.99. The number of benzene rings is 1. The molecule has 3 N–H and O–H groups in total. The highest BCUT2D eigenvalue weighted by molar-refractivity contribution is 7.89. The monoisotopic (exact) mass is 383 g/mol. The predicted octanol–water partition coefficient (Wildman–Crippen LogP) is 2.57. The molecule has 25 heavy (non-hydrogen) atoms. The first-order valence-corrected chi connectivity index (χ1v) is 9.77. The number of halogens is 1. The first kappa shape index (κ1) is 19.4. The zero-order valence-electron chi connectivity index (χ0n) is 14.4. The number of hydrogen-bond donors (Lipinski definition) is 3. The van der Waals surface area contributed by atoms with E-state index in [-0.39, 0.29) is 11.4 Å². The van der Waals surface area contributed by atoms with Gasteiger partial charge in [-0.25, -0.2) is 18.1 Å². The van der Waals surface area contributed by atoms with E-state index in [1.165, 1.54) is 12.1 Å². The summed E-state index contributed by atoms with van der Waals surface area (Å²) in [4.78, 5) is 8.72. The zero-order chi connectivity index (χ0) is 18.4. The van der Waals surface area contributed by atoms with Gasteiger partial charge in [0.25, 0.3) is 0 Å². The van der Waals surface area contributed by atoms with Gasteiger partial charge in [-0.05, 0) is 38.5 Å². The highest BCUT2D eigenvalue weighted by atomic mass is 35.5. The van der Waals surface area contributed by atoms with Crippen LogP contribution in [0.1, 0.15) is 18.2 Å². The summed E-state index contributed by atoms with van der Waals surface area (Å²) in [7, 11) is -3.60. The molecule has 0 atom stereocenters. The van der Waals surface area contributed by atoms with Crippen molar-refractivity contribution in [2.75, 3.05) is 30.3 Å². The molecule has 1 aromatic heterocycles. The Balaban J connectivity index is 1.93. The first-order chi connectivity index (χ1) is 11.8. The van der Waals surface area contributed by atoms with Gasteiger partial charge in [0.15, 0.2) is 0 Å². The fourth-order valence-electron chi connectivity index (χ4n) is 2.10. The molecule has 2 rings (SSSR count). The maximum atomic E-state index is 12.3. The van der Waals surface area contributed by atoms with Crippen molar-refractivity contribution in [3.8, 4) is 0 Å². The summed E-state index contributed by atoms with van der Waals surface area (Å²) in [6.07, 6.45) is 0. The van der Waals surface area contributed by atoms with Crippen LogP contribution in [0.3, 0.4) is 0 Å². The van der Waals surface area contributed by atoms with E-state index >= 15 is 0 Å². The molecule has 136 valence electrons. The molecule has 9 heteroatoms. The molecule has 7 nitrogen and oxygen atoms in total. The van der Waals surface area contributed by atoms with Gasteiger partial charge in [-0.1, -0.05) is 17.7 Å². The molecule has 1 heterocycles. The average Bonchev–Trinajstić information content (AvgIpc) is 2.54. The van der Waals surface area contributed by atoms with Crippen molar-refractivity contribution in [1.82, 2.24) is 14.7 Å². The van der Waals surface area contributed by atoms with Crippen LogP contribution in [0.15, 0.2) is 29.2 Å². The van der Waals surface area contributed by atoms with Crippen LogP contribution in [-0.4, -0.2) is 38.0 Å². The number of nitrogens with one attached hydrogen (secondary N) is 3. The zero-order valence-corrected chi connectivity index (χ0v) is 16.0. The molecule has 1 aromatic carbocycles. The van der Waals surface area contributed by atoms with E-state index in [2.05, 4.69) is 25.3 Å². The number of anilines is 2. The Kier molecular flexibility index (Phi) is 6.57. The van der Waals surface area contributed by atoms with Crippen LogP contribution in [0.2, 0.25) is 5.02 Å². The van der Waals surface area contributed by atoms with Gasteiger partial charge in [-0.3, -0.25) is 0 Å². The summed E-state index contributed by atoms with van der Waals surface area (Å²) in [6, 6.07) is 6.47. The number of aryl methyl sites for hydroxylation is 2. The number of sulfonamides is 1. The highest BCUT2D eigenvalue weighted by Gasteiger charge is 2.14. The fourth-order valence-corrected chi connectivity index (χ4v) is 3.40. The molecule has 2 aromatic rings. The van der Waals surface area contributed by atoms with Crippen molar-refractivity contribution in [2.24, 2.45) is 0 Å². The lowest BCUT2D eigenvalue weighted by molar-refractivity contribution is 0.583. The standard InChI is InChI=1S/C16H22ClN5O2S/c1-4-18-16-21-12(3)9-15(22-16)19-7-8-20-25(23,24)13-6-5-11(2)14(17)10-13/h5-6,9-10,20H,4,7-8H2,1-3H3,(H2,18,19,21,22). The van der Waals surface area contributed by atoms with Crippen molar-refractivity contribution in [3.63, 3.8) is 0 Å². The largest absolute Gasteiger partial charge is 0.369 e. The lowest BCUT2D eigenvalue weighted by Crippen LogP contribution is -2.29. The van der Waals surface area contributed by atoms with Gasteiger partial charge >= 0.3 is 0 Å². The van der Waals surface area contributed by atoms with E-state index in [1.54, 1.807) is 12.1 Å². The van der Waals surface area contributed by atoms with Gasteiger partial charge in [0.2, 0.25) is 16.0 Å². The molecule has 0 radical (unpaired) electrons. The molecule has 0 amide bonds. The van der Waals surface area contributed by atoms with Crippen molar-refractivity contribution in [2.45, 2.75) is 25.7 Å². The molecule has 0 aliphatic carbocycles. The van der Waals surface area contributed by atoms with Gasteiger partial charge in [-0.2, -0.15) is 4.98 Å². The van der Waals surface area contributed by atoms with Gasteiger partial charge < -0.3 is 10.6 Å². The minimum absolute atomic E-state index is 0.149. The molecular weight excluding hydrogens is 362 g/mol. The molecular formula is C16H22ClN5O2S. The van der Waals surface area contributed by atoms with Crippen molar-refractivity contribution < 1.29 is 8.42 Å². The van der Waals surface area contributed by atoms with Crippen molar-refractivity contribution >= 4 is 33.4 Å². The number of nitrogens with zero attached hydrogens (tertiary/aromatic N) is 2. The SMILES string of the molecule is CCNc1nc(C)cc(NCCNS(=O)(=O)c2ccc(C)c(Cl)c2)n1. The minimum atomic E-state index is -3.60. The topological polar surface area (TPSA) is 96.0 Å². The smallest absolute Gasteiger partial charge is 0.240 e. The predicted molar refractivity (Wildman–Crippen MR) is 101 cm³/mol. The Morgan fingerprint density at radius 3 is 2.52 bits per heavy atom. The Labute approximate surface area is 153 Å². The summed E-state index contributed by atoms with van der Waals surface area (Å²) in [5, 5.41) is 6.56. The normalized spacial score (nSPS) is 11.4. The third-order valence-electron chi connectivity index (χ3n) is 3.37. The molecule has 0 aliphatic rings. The van der Waals surface area contributed by atoms with Crippen LogP contribution in [0.4, 0.5) is 11.8 Å². The summed E-state index contributed by atoms with van der Waals surface area (Å²) in [5.74, 6) is 1.18. The van der Waals surface area contributed by atoms with Crippen LogP contribution >= 0.6 is 11.6 Å². The molecule has 0 aliphatic heterocycles. The van der Waals surface area contributed by atoms with Crippen LogP contribution in [-0.2, 0) is 10.0 Å². The Morgan fingerprint density at radius 2 is 1.84 bits per heavy atom. The minimum Gasteiger partial charge on any atom is -0.369 e. The van der Waals surface area contributed by atoms with Gasteiger partial charge in [0, 0.05) is 36.4 Å². The van der Waals surface area contributed by atoms with E-state index in [0.29, 0.717) is 23.3 Å². The quantitative estimate of drug-likeness (QED) is 0.606. The van der Waals surface area contributed by atoms with E-state index < -0.39 is 10.0 Å². The molecule has 0 saturated heterocycles. The molecule has 0 spiro atoms. The number of hydrogen-bond acceptors (Lipinski definition) is 6. The maximum absolute atomic E-state index is 12.3. The molecule has 0 unspecified atom stereocenters. The lowest BCUT2D eigenvalue weighted by Gasteiger charge is -2.10. The maximum Gasteiger partial charge on any atom is 0.240 e. The van der Waals surface area contributed by atoms with E-state index in [1.807, 2.05) is 20.8 Å². The summed E-state index contributed by atoms with van der Waals surface area (Å²) in [5.41, 5.74) is 1.65. The fraction of sp³-hybridized carbons (Fsp3) is 0.375. The number of aromatic nitrogens is 2. The molecule has 0 saturated carbocycles. The van der Waals surface area contributed by atoms with E-state index in [0.717, 1.165) is 17.8 Å². The Hall–Kier alpha value is -1.90.